The number of nitrogens with two attached hydrogens (primary N) is 1. The first kappa shape index (κ1) is 13.6. The number of ether oxygens (including phenoxy) is 1. The minimum absolute atomic E-state index is 0.708. The Bertz CT molecular complexity index is 325. The van der Waals surface area contributed by atoms with E-state index in [9.17, 15) is 0 Å². The van der Waals surface area contributed by atoms with Gasteiger partial charge in [-0.15, -0.1) is 0 Å². The van der Waals surface area contributed by atoms with Gasteiger partial charge in [0, 0.05) is 13.2 Å². The van der Waals surface area contributed by atoms with Gasteiger partial charge in [0.1, 0.15) is 0 Å². The Morgan fingerprint density at radius 1 is 1.11 bits per heavy atom. The molecule has 1 aliphatic rings. The van der Waals surface area contributed by atoms with Crippen LogP contribution in [0.15, 0.2) is 30.3 Å². The molecule has 1 aromatic rings. The van der Waals surface area contributed by atoms with Crippen LogP contribution in [0.5, 0.6) is 0 Å². The number of rotatable bonds is 7. The lowest BCUT2D eigenvalue weighted by Gasteiger charge is -2.17. The van der Waals surface area contributed by atoms with E-state index >= 15 is 0 Å². The van der Waals surface area contributed by atoms with Crippen LogP contribution in [0.1, 0.15) is 31.2 Å². The molecule has 0 bridgehead atoms. The topological polar surface area (TPSA) is 35.2 Å². The molecule has 100 valence electrons. The van der Waals surface area contributed by atoms with Gasteiger partial charge in [0.15, 0.2) is 0 Å². The average Bonchev–Trinajstić information content (AvgIpc) is 2.87. The minimum Gasteiger partial charge on any atom is -0.381 e. The first-order chi connectivity index (χ1) is 8.90. The monoisotopic (exact) mass is 247 g/mol. The fourth-order valence-corrected chi connectivity index (χ4v) is 2.90. The predicted octanol–water partition coefficient (Wildman–Crippen LogP) is 3.01. The highest BCUT2D eigenvalue weighted by molar-refractivity contribution is 5.14. The molecule has 0 spiro atoms. The van der Waals surface area contributed by atoms with Crippen LogP contribution in [0, 0.1) is 11.8 Å². The van der Waals surface area contributed by atoms with Gasteiger partial charge in [-0.25, -0.2) is 0 Å². The normalized spacial score (nSPS) is 23.4. The van der Waals surface area contributed by atoms with Gasteiger partial charge in [-0.05, 0) is 49.6 Å². The maximum Gasteiger partial charge on any atom is 0.0497 e. The second-order valence-electron chi connectivity index (χ2n) is 5.35. The molecule has 2 rings (SSSR count). The Hall–Kier alpha value is -0.860. The molecule has 1 aliphatic carbocycles. The molecule has 0 saturated heterocycles. The molecule has 2 nitrogen and oxygen atoms in total. The first-order valence-corrected chi connectivity index (χ1v) is 7.22. The smallest absolute Gasteiger partial charge is 0.0497 e. The Kier molecular flexibility index (Phi) is 5.69. The van der Waals surface area contributed by atoms with E-state index in [0.717, 1.165) is 32.6 Å². The van der Waals surface area contributed by atoms with Crippen molar-refractivity contribution in [1.29, 1.82) is 0 Å². The van der Waals surface area contributed by atoms with Crippen LogP contribution in [-0.2, 0) is 11.2 Å². The molecule has 0 heterocycles. The van der Waals surface area contributed by atoms with Crippen LogP contribution in [0.4, 0.5) is 0 Å². The molecule has 0 aromatic heterocycles. The van der Waals surface area contributed by atoms with E-state index in [4.69, 9.17) is 10.5 Å². The Labute approximate surface area is 111 Å². The van der Waals surface area contributed by atoms with Gasteiger partial charge in [-0.1, -0.05) is 36.8 Å². The number of hydrogen-bond donors (Lipinski definition) is 1. The summed E-state index contributed by atoms with van der Waals surface area (Å²) in [5.41, 5.74) is 7.18. The number of aryl methyl sites for hydroxylation is 1. The van der Waals surface area contributed by atoms with Gasteiger partial charge < -0.3 is 10.5 Å². The van der Waals surface area contributed by atoms with Crippen molar-refractivity contribution in [2.24, 2.45) is 17.6 Å². The standard InChI is InChI=1S/C16H25NO/c17-12-15-9-4-10-16(15)13-18-11-5-8-14-6-2-1-3-7-14/h1-3,6-7,15-16H,4-5,8-13,17H2. The molecule has 1 fully saturated rings. The summed E-state index contributed by atoms with van der Waals surface area (Å²) < 4.78 is 5.82. The van der Waals surface area contributed by atoms with Crippen molar-refractivity contribution < 1.29 is 4.74 Å². The van der Waals surface area contributed by atoms with Crippen LogP contribution < -0.4 is 5.73 Å². The highest BCUT2D eigenvalue weighted by Crippen LogP contribution is 2.30. The van der Waals surface area contributed by atoms with Crippen LogP contribution >= 0.6 is 0 Å². The van der Waals surface area contributed by atoms with Crippen LogP contribution in [0.2, 0.25) is 0 Å². The summed E-state index contributed by atoms with van der Waals surface area (Å²) in [6.45, 7) is 2.62. The SMILES string of the molecule is NCC1CCCC1COCCCc1ccccc1. The lowest BCUT2D eigenvalue weighted by Crippen LogP contribution is -2.22. The second-order valence-corrected chi connectivity index (χ2v) is 5.35. The summed E-state index contributed by atoms with van der Waals surface area (Å²) in [7, 11) is 0. The highest BCUT2D eigenvalue weighted by Gasteiger charge is 2.25. The van der Waals surface area contributed by atoms with E-state index in [0.29, 0.717) is 11.8 Å². The maximum absolute atomic E-state index is 5.82. The van der Waals surface area contributed by atoms with Crippen molar-refractivity contribution in [3.63, 3.8) is 0 Å². The van der Waals surface area contributed by atoms with Crippen molar-refractivity contribution in [3.8, 4) is 0 Å². The quantitative estimate of drug-likeness (QED) is 0.752. The molecule has 2 heteroatoms. The van der Waals surface area contributed by atoms with Crippen LogP contribution in [-0.4, -0.2) is 19.8 Å². The second kappa shape index (κ2) is 7.55. The first-order valence-electron chi connectivity index (χ1n) is 7.22. The van der Waals surface area contributed by atoms with Gasteiger partial charge >= 0.3 is 0 Å². The maximum atomic E-state index is 5.82. The lowest BCUT2D eigenvalue weighted by molar-refractivity contribution is 0.0854. The number of benzene rings is 1. The number of hydrogen-bond acceptors (Lipinski definition) is 2. The molecular weight excluding hydrogens is 222 g/mol. The molecule has 1 aromatic carbocycles. The summed E-state index contributed by atoms with van der Waals surface area (Å²) in [5.74, 6) is 1.42. The highest BCUT2D eigenvalue weighted by atomic mass is 16.5. The summed E-state index contributed by atoms with van der Waals surface area (Å²) >= 11 is 0. The summed E-state index contributed by atoms with van der Waals surface area (Å²) in [6.07, 6.45) is 6.17. The van der Waals surface area contributed by atoms with Crippen molar-refractivity contribution >= 4 is 0 Å². The molecule has 0 aliphatic heterocycles. The fourth-order valence-electron chi connectivity index (χ4n) is 2.90. The molecule has 18 heavy (non-hydrogen) atoms. The van der Waals surface area contributed by atoms with Crippen molar-refractivity contribution in [3.05, 3.63) is 35.9 Å². The molecule has 2 unspecified atom stereocenters. The largest absolute Gasteiger partial charge is 0.381 e. The van der Waals surface area contributed by atoms with Crippen LogP contribution in [0.3, 0.4) is 0 Å². The third kappa shape index (κ3) is 4.11. The summed E-state index contributed by atoms with van der Waals surface area (Å²) in [6, 6.07) is 10.6. The Morgan fingerprint density at radius 2 is 1.89 bits per heavy atom. The van der Waals surface area contributed by atoms with Crippen molar-refractivity contribution in [2.75, 3.05) is 19.8 Å². The molecule has 0 amide bonds. The van der Waals surface area contributed by atoms with E-state index in [2.05, 4.69) is 30.3 Å². The lowest BCUT2D eigenvalue weighted by atomic mass is 9.97. The van der Waals surface area contributed by atoms with Gasteiger partial charge in [-0.3, -0.25) is 0 Å². The van der Waals surface area contributed by atoms with E-state index in [1.54, 1.807) is 0 Å². The van der Waals surface area contributed by atoms with Gasteiger partial charge in [-0.2, -0.15) is 0 Å². The molecular formula is C16H25NO. The zero-order valence-electron chi connectivity index (χ0n) is 11.2. The zero-order chi connectivity index (χ0) is 12.6. The van der Waals surface area contributed by atoms with E-state index < -0.39 is 0 Å². The zero-order valence-corrected chi connectivity index (χ0v) is 11.2. The minimum atomic E-state index is 0.708. The van der Waals surface area contributed by atoms with Gasteiger partial charge in [0.25, 0.3) is 0 Å². The average molecular weight is 247 g/mol. The van der Waals surface area contributed by atoms with E-state index in [1.807, 2.05) is 0 Å². The molecule has 1 saturated carbocycles. The Balaban J connectivity index is 1.56. The summed E-state index contributed by atoms with van der Waals surface area (Å²) in [5, 5.41) is 0. The van der Waals surface area contributed by atoms with Gasteiger partial charge in [0.05, 0.1) is 0 Å². The van der Waals surface area contributed by atoms with E-state index in [-0.39, 0.29) is 0 Å². The van der Waals surface area contributed by atoms with Crippen molar-refractivity contribution in [2.45, 2.75) is 32.1 Å². The summed E-state index contributed by atoms with van der Waals surface area (Å²) in [4.78, 5) is 0. The van der Waals surface area contributed by atoms with Crippen molar-refractivity contribution in [1.82, 2.24) is 0 Å². The van der Waals surface area contributed by atoms with Crippen LogP contribution in [0.25, 0.3) is 0 Å². The molecule has 2 N–H and O–H groups in total. The van der Waals surface area contributed by atoms with Gasteiger partial charge in [0.2, 0.25) is 0 Å². The van der Waals surface area contributed by atoms with E-state index in [1.165, 1.54) is 24.8 Å². The Morgan fingerprint density at radius 3 is 2.67 bits per heavy atom. The molecule has 0 radical (unpaired) electrons. The third-order valence-electron chi connectivity index (χ3n) is 4.05. The predicted molar refractivity (Wildman–Crippen MR) is 75.5 cm³/mol. The molecule has 2 atom stereocenters. The third-order valence-corrected chi connectivity index (χ3v) is 4.05. The fraction of sp³-hybridized carbons (Fsp3) is 0.625.